The van der Waals surface area contributed by atoms with E-state index in [-0.39, 0.29) is 6.61 Å². The van der Waals surface area contributed by atoms with E-state index in [4.69, 9.17) is 5.11 Å². The Balaban J connectivity index is 2.50. The zero-order valence-electron chi connectivity index (χ0n) is 7.25. The van der Waals surface area contributed by atoms with Gasteiger partial charge in [-0.2, -0.15) is 0 Å². The van der Waals surface area contributed by atoms with Crippen LogP contribution in [-0.4, -0.2) is 10.4 Å². The molecule has 0 saturated carbocycles. The third-order valence-electron chi connectivity index (χ3n) is 1.86. The minimum absolute atomic E-state index is 0.107. The van der Waals surface area contributed by atoms with Crippen LogP contribution in [0.3, 0.4) is 0 Å². The first kappa shape index (κ1) is 8.71. The predicted molar refractivity (Wildman–Crippen MR) is 43.4 cm³/mol. The number of hydrogen-bond acceptors (Lipinski definition) is 4. The SMILES string of the molecule is [O-]c1c[n+](-c2ccccc2CO)no1. The molecular formula is C9H8N2O3. The van der Waals surface area contributed by atoms with E-state index in [0.29, 0.717) is 11.3 Å². The molecule has 0 bridgehead atoms. The van der Waals surface area contributed by atoms with Gasteiger partial charge >= 0.3 is 0 Å². The Labute approximate surface area is 79.8 Å². The highest BCUT2D eigenvalue weighted by molar-refractivity contribution is 5.32. The highest BCUT2D eigenvalue weighted by Crippen LogP contribution is 2.08. The van der Waals surface area contributed by atoms with Crippen LogP contribution in [-0.2, 0) is 6.61 Å². The molecule has 0 saturated heterocycles. The third kappa shape index (κ3) is 1.45. The molecule has 0 amide bonds. The fraction of sp³-hybridized carbons (Fsp3) is 0.111. The highest BCUT2D eigenvalue weighted by Gasteiger charge is 2.13. The van der Waals surface area contributed by atoms with E-state index in [1.807, 2.05) is 0 Å². The molecule has 1 aromatic heterocycles. The summed E-state index contributed by atoms with van der Waals surface area (Å²) in [5.74, 6) is -0.516. The Hall–Kier alpha value is -1.88. The molecule has 0 unspecified atom stereocenters. The molecule has 0 atom stereocenters. The number of nitrogens with zero attached hydrogens (tertiary/aromatic N) is 2. The van der Waals surface area contributed by atoms with Crippen LogP contribution in [0.5, 0.6) is 5.95 Å². The summed E-state index contributed by atoms with van der Waals surface area (Å²) < 4.78 is 5.69. The van der Waals surface area contributed by atoms with Gasteiger partial charge in [0.1, 0.15) is 5.95 Å². The number of aliphatic hydroxyl groups is 1. The van der Waals surface area contributed by atoms with E-state index < -0.39 is 5.95 Å². The lowest BCUT2D eigenvalue weighted by atomic mass is 10.2. The minimum Gasteiger partial charge on any atom is -0.539 e. The Morgan fingerprint density at radius 2 is 2.21 bits per heavy atom. The van der Waals surface area contributed by atoms with Gasteiger partial charge in [-0.15, -0.1) is 0 Å². The highest BCUT2D eigenvalue weighted by atomic mass is 16.6. The maximum atomic E-state index is 10.8. The topological polar surface area (TPSA) is 73.2 Å². The Bertz CT molecular complexity index is 439. The lowest BCUT2D eigenvalue weighted by Gasteiger charge is -1.95. The van der Waals surface area contributed by atoms with Crippen LogP contribution in [0.15, 0.2) is 35.0 Å². The van der Waals surface area contributed by atoms with Crippen LogP contribution in [0.4, 0.5) is 0 Å². The van der Waals surface area contributed by atoms with Crippen LogP contribution >= 0.6 is 0 Å². The number of aliphatic hydroxyl groups excluding tert-OH is 1. The van der Waals surface area contributed by atoms with Crippen molar-refractivity contribution >= 4 is 0 Å². The number of hydrogen-bond donors (Lipinski definition) is 1. The monoisotopic (exact) mass is 192 g/mol. The van der Waals surface area contributed by atoms with Crippen LogP contribution in [0, 0.1) is 0 Å². The first-order valence-corrected chi connectivity index (χ1v) is 4.06. The fourth-order valence-electron chi connectivity index (χ4n) is 1.21. The smallest absolute Gasteiger partial charge is 0.244 e. The Morgan fingerprint density at radius 1 is 1.43 bits per heavy atom. The lowest BCUT2D eigenvalue weighted by molar-refractivity contribution is -0.671. The van der Waals surface area contributed by atoms with Gasteiger partial charge < -0.3 is 14.7 Å². The number of aromatic nitrogens is 2. The number of rotatable bonds is 2. The van der Waals surface area contributed by atoms with E-state index >= 15 is 0 Å². The van der Waals surface area contributed by atoms with Crippen LogP contribution in [0.1, 0.15) is 5.56 Å². The first-order chi connectivity index (χ1) is 6.81. The fourth-order valence-corrected chi connectivity index (χ4v) is 1.21. The maximum Gasteiger partial charge on any atom is 0.244 e. The van der Waals surface area contributed by atoms with Crippen molar-refractivity contribution in [2.75, 3.05) is 0 Å². The van der Waals surface area contributed by atoms with Gasteiger partial charge in [-0.1, -0.05) is 12.1 Å². The second-order valence-electron chi connectivity index (χ2n) is 2.75. The second kappa shape index (κ2) is 3.47. The van der Waals surface area contributed by atoms with Crippen molar-refractivity contribution in [3.63, 3.8) is 0 Å². The van der Waals surface area contributed by atoms with Gasteiger partial charge in [0.25, 0.3) is 0 Å². The molecule has 14 heavy (non-hydrogen) atoms. The number of benzene rings is 1. The standard InChI is InChI=1S/C9H8N2O3/c12-6-7-3-1-2-4-8(7)11-5-9(13)14-10-11/h1-5,12H,6H2. The Kier molecular flexibility index (Phi) is 2.16. The van der Waals surface area contributed by atoms with Crippen molar-refractivity contribution in [1.82, 2.24) is 5.27 Å². The van der Waals surface area contributed by atoms with Gasteiger partial charge in [0.15, 0.2) is 0 Å². The number of para-hydroxylation sites is 1. The van der Waals surface area contributed by atoms with E-state index in [1.165, 1.54) is 10.9 Å². The molecular weight excluding hydrogens is 184 g/mol. The average molecular weight is 192 g/mol. The molecule has 0 spiro atoms. The predicted octanol–water partition coefficient (Wildman–Crippen LogP) is -0.483. The summed E-state index contributed by atoms with van der Waals surface area (Å²) >= 11 is 0. The third-order valence-corrected chi connectivity index (χ3v) is 1.86. The summed E-state index contributed by atoms with van der Waals surface area (Å²) in [6, 6.07) is 7.09. The van der Waals surface area contributed by atoms with Gasteiger partial charge in [-0.3, -0.25) is 0 Å². The zero-order valence-corrected chi connectivity index (χ0v) is 7.25. The van der Waals surface area contributed by atoms with Gasteiger partial charge in [0.05, 0.1) is 17.4 Å². The molecule has 1 N–H and O–H groups in total. The molecule has 0 fully saturated rings. The summed E-state index contributed by atoms with van der Waals surface area (Å²) in [5, 5.41) is 23.3. The van der Waals surface area contributed by atoms with Gasteiger partial charge in [0, 0.05) is 6.07 Å². The van der Waals surface area contributed by atoms with E-state index in [1.54, 1.807) is 24.3 Å². The van der Waals surface area contributed by atoms with Crippen molar-refractivity contribution < 1.29 is 19.4 Å². The summed E-state index contributed by atoms with van der Waals surface area (Å²) in [6.45, 7) is -0.107. The van der Waals surface area contributed by atoms with Crippen LogP contribution in [0.25, 0.3) is 5.69 Å². The molecule has 1 aromatic carbocycles. The molecule has 0 aliphatic rings. The van der Waals surface area contributed by atoms with E-state index in [9.17, 15) is 5.11 Å². The molecule has 72 valence electrons. The summed E-state index contributed by atoms with van der Waals surface area (Å²) in [5.41, 5.74) is 1.33. The van der Waals surface area contributed by atoms with Crippen LogP contribution in [0.2, 0.25) is 0 Å². The van der Waals surface area contributed by atoms with Crippen LogP contribution < -0.4 is 9.79 Å². The molecule has 0 aliphatic carbocycles. The summed E-state index contributed by atoms with van der Waals surface area (Å²) in [4.78, 5) is 0. The molecule has 0 aliphatic heterocycles. The molecule has 1 heterocycles. The first-order valence-electron chi connectivity index (χ1n) is 4.06. The average Bonchev–Trinajstić information content (AvgIpc) is 2.65. The van der Waals surface area contributed by atoms with Gasteiger partial charge in [-0.05, 0) is 10.7 Å². The maximum absolute atomic E-state index is 10.8. The van der Waals surface area contributed by atoms with Crippen molar-refractivity contribution in [2.45, 2.75) is 6.61 Å². The zero-order chi connectivity index (χ0) is 9.97. The molecule has 5 heteroatoms. The second-order valence-corrected chi connectivity index (χ2v) is 2.75. The molecule has 2 rings (SSSR count). The molecule has 0 radical (unpaired) electrons. The van der Waals surface area contributed by atoms with Gasteiger partial charge in [-0.25, -0.2) is 0 Å². The Morgan fingerprint density at radius 3 is 2.86 bits per heavy atom. The van der Waals surface area contributed by atoms with E-state index in [2.05, 4.69) is 9.79 Å². The lowest BCUT2D eigenvalue weighted by Crippen LogP contribution is -2.32. The molecule has 5 nitrogen and oxygen atoms in total. The minimum atomic E-state index is -0.516. The summed E-state index contributed by atoms with van der Waals surface area (Å²) in [7, 11) is 0. The van der Waals surface area contributed by atoms with Crippen molar-refractivity contribution in [3.8, 4) is 11.6 Å². The quantitative estimate of drug-likeness (QED) is 0.652. The summed E-state index contributed by atoms with van der Waals surface area (Å²) in [6.07, 6.45) is 1.22. The van der Waals surface area contributed by atoms with Crippen molar-refractivity contribution in [1.29, 1.82) is 0 Å². The van der Waals surface area contributed by atoms with Gasteiger partial charge in [0.2, 0.25) is 11.9 Å². The molecule has 2 aromatic rings. The van der Waals surface area contributed by atoms with E-state index in [0.717, 1.165) is 0 Å². The van der Waals surface area contributed by atoms with Crippen molar-refractivity contribution in [3.05, 3.63) is 36.0 Å². The van der Waals surface area contributed by atoms with Crippen molar-refractivity contribution in [2.24, 2.45) is 0 Å². The normalized spacial score (nSPS) is 10.4. The largest absolute Gasteiger partial charge is 0.539 e.